The Kier molecular flexibility index (Phi) is 6.12. The smallest absolute Gasteiger partial charge is 0.254 e. The van der Waals surface area contributed by atoms with Gasteiger partial charge in [-0.2, -0.15) is 14.6 Å². The van der Waals surface area contributed by atoms with Gasteiger partial charge < -0.3 is 15.5 Å². The van der Waals surface area contributed by atoms with E-state index in [1.165, 1.54) is 24.9 Å². The topological polar surface area (TPSA) is 105 Å². The van der Waals surface area contributed by atoms with E-state index in [1.54, 1.807) is 18.2 Å². The second kappa shape index (κ2) is 9.36. The van der Waals surface area contributed by atoms with Crippen LogP contribution in [0.25, 0.3) is 5.78 Å². The molecule has 0 unspecified atom stereocenters. The zero-order valence-corrected chi connectivity index (χ0v) is 19.1. The van der Waals surface area contributed by atoms with Gasteiger partial charge in [0.1, 0.15) is 24.0 Å². The van der Waals surface area contributed by atoms with Gasteiger partial charge in [-0.15, -0.1) is 0 Å². The van der Waals surface area contributed by atoms with Gasteiger partial charge >= 0.3 is 0 Å². The zero-order chi connectivity index (χ0) is 23.7. The minimum absolute atomic E-state index is 0.0262. The number of nitrogens with one attached hydrogen (secondary N) is 2. The summed E-state index contributed by atoms with van der Waals surface area (Å²) in [6.07, 6.45) is 6.18. The molecule has 2 amide bonds. The summed E-state index contributed by atoms with van der Waals surface area (Å²) in [7, 11) is 0. The summed E-state index contributed by atoms with van der Waals surface area (Å²) in [6, 6.07) is 5.46. The van der Waals surface area contributed by atoms with E-state index in [0.29, 0.717) is 11.3 Å². The number of halogens is 1. The summed E-state index contributed by atoms with van der Waals surface area (Å²) < 4.78 is 16.0. The molecule has 34 heavy (non-hydrogen) atoms. The van der Waals surface area contributed by atoms with Crippen LogP contribution in [0.5, 0.6) is 0 Å². The molecule has 0 spiro atoms. The Balaban J connectivity index is 1.26. The summed E-state index contributed by atoms with van der Waals surface area (Å²) in [5.74, 6) is 0.686. The van der Waals surface area contributed by atoms with Crippen molar-refractivity contribution in [2.75, 3.05) is 18.0 Å². The molecule has 0 bridgehead atoms. The fourth-order valence-corrected chi connectivity index (χ4v) is 5.00. The molecule has 2 aromatic heterocycles. The third-order valence-corrected chi connectivity index (χ3v) is 6.64. The molecule has 178 valence electrons. The number of aromatic nitrogens is 4. The Morgan fingerprint density at radius 1 is 1.21 bits per heavy atom. The molecule has 1 aliphatic heterocycles. The van der Waals surface area contributed by atoms with Crippen molar-refractivity contribution < 1.29 is 14.0 Å². The zero-order valence-electron chi connectivity index (χ0n) is 19.1. The highest BCUT2D eigenvalue weighted by Crippen LogP contribution is 2.32. The van der Waals surface area contributed by atoms with Gasteiger partial charge in [-0.1, -0.05) is 18.2 Å². The maximum atomic E-state index is 14.1. The van der Waals surface area contributed by atoms with Crippen LogP contribution in [0.2, 0.25) is 0 Å². The van der Waals surface area contributed by atoms with Crippen LogP contribution in [-0.4, -0.2) is 56.6 Å². The van der Waals surface area contributed by atoms with E-state index >= 15 is 0 Å². The van der Waals surface area contributed by atoms with E-state index in [1.807, 2.05) is 4.52 Å². The molecule has 1 aliphatic carbocycles. The molecule has 1 aromatic carbocycles. The molecular weight excluding hydrogens is 437 g/mol. The lowest BCUT2D eigenvalue weighted by Crippen LogP contribution is -2.53. The Labute approximate surface area is 196 Å². The summed E-state index contributed by atoms with van der Waals surface area (Å²) in [4.78, 5) is 36.0. The predicted octanol–water partition coefficient (Wildman–Crippen LogP) is 1.58. The van der Waals surface area contributed by atoms with E-state index in [9.17, 15) is 14.0 Å². The lowest BCUT2D eigenvalue weighted by atomic mass is 10.0. The minimum Gasteiger partial charge on any atom is -0.356 e. The van der Waals surface area contributed by atoms with Crippen LogP contribution < -0.4 is 15.5 Å². The van der Waals surface area contributed by atoms with Gasteiger partial charge in [-0.25, -0.2) is 9.37 Å². The maximum absolute atomic E-state index is 14.1. The molecule has 0 saturated carbocycles. The highest BCUT2D eigenvalue weighted by atomic mass is 19.1. The number of carbonyl (C=O) groups excluding carboxylic acids is 2. The van der Waals surface area contributed by atoms with Crippen molar-refractivity contribution in [1.29, 1.82) is 0 Å². The highest BCUT2D eigenvalue weighted by Gasteiger charge is 2.30. The number of piperidine rings is 1. The van der Waals surface area contributed by atoms with Crippen LogP contribution in [0.3, 0.4) is 0 Å². The Bertz CT molecular complexity index is 1220. The monoisotopic (exact) mass is 465 g/mol. The Morgan fingerprint density at radius 2 is 2.00 bits per heavy atom. The fourth-order valence-electron chi connectivity index (χ4n) is 5.00. The average molecular weight is 466 g/mol. The van der Waals surface area contributed by atoms with E-state index < -0.39 is 6.04 Å². The average Bonchev–Trinajstić information content (AvgIpc) is 3.48. The summed E-state index contributed by atoms with van der Waals surface area (Å²) in [6.45, 7) is 2.88. The van der Waals surface area contributed by atoms with Gasteiger partial charge in [0.2, 0.25) is 11.8 Å². The third kappa shape index (κ3) is 4.44. The van der Waals surface area contributed by atoms with Crippen molar-refractivity contribution in [1.82, 2.24) is 30.2 Å². The third-order valence-electron chi connectivity index (χ3n) is 6.64. The van der Waals surface area contributed by atoms with Gasteiger partial charge in [-0.05, 0) is 43.7 Å². The summed E-state index contributed by atoms with van der Waals surface area (Å²) in [5, 5.41) is 10.1. The molecule has 3 aromatic rings. The van der Waals surface area contributed by atoms with Crippen LogP contribution in [0.4, 0.5) is 10.2 Å². The van der Waals surface area contributed by atoms with Gasteiger partial charge in [-0.3, -0.25) is 9.59 Å². The normalized spacial score (nSPS) is 16.9. The number of carbonyl (C=O) groups is 2. The number of hydrogen-bond acceptors (Lipinski definition) is 6. The Morgan fingerprint density at radius 3 is 2.76 bits per heavy atom. The molecule has 2 N–H and O–H groups in total. The van der Waals surface area contributed by atoms with Crippen molar-refractivity contribution in [3.05, 3.63) is 53.2 Å². The highest BCUT2D eigenvalue weighted by molar-refractivity contribution is 5.87. The molecule has 1 atom stereocenters. The van der Waals surface area contributed by atoms with Gasteiger partial charge in [0.05, 0.1) is 5.69 Å². The largest absolute Gasteiger partial charge is 0.356 e. The first-order valence-electron chi connectivity index (χ1n) is 11.8. The fraction of sp³-hybridized carbons (Fsp3) is 0.458. The van der Waals surface area contributed by atoms with Crippen LogP contribution in [0.15, 0.2) is 30.6 Å². The number of anilines is 1. The lowest BCUT2D eigenvalue weighted by molar-refractivity contribution is -0.128. The van der Waals surface area contributed by atoms with Crippen molar-refractivity contribution in [2.45, 2.75) is 57.5 Å². The quantitative estimate of drug-likeness (QED) is 0.573. The second-order valence-electron chi connectivity index (χ2n) is 9.00. The van der Waals surface area contributed by atoms with Crippen molar-refractivity contribution in [2.24, 2.45) is 0 Å². The van der Waals surface area contributed by atoms with Crippen molar-refractivity contribution in [3.8, 4) is 0 Å². The molecule has 3 heterocycles. The number of benzene rings is 1. The number of rotatable bonds is 6. The molecule has 1 fully saturated rings. The summed E-state index contributed by atoms with van der Waals surface area (Å²) >= 11 is 0. The van der Waals surface area contributed by atoms with E-state index in [4.69, 9.17) is 0 Å². The molecule has 1 saturated heterocycles. The number of amides is 2. The van der Waals surface area contributed by atoms with Gasteiger partial charge in [0, 0.05) is 38.0 Å². The van der Waals surface area contributed by atoms with Crippen molar-refractivity contribution in [3.63, 3.8) is 0 Å². The van der Waals surface area contributed by atoms with Crippen LogP contribution >= 0.6 is 0 Å². The van der Waals surface area contributed by atoms with Crippen molar-refractivity contribution >= 4 is 23.4 Å². The van der Waals surface area contributed by atoms with Gasteiger partial charge in [0.15, 0.2) is 0 Å². The maximum Gasteiger partial charge on any atom is 0.254 e. The molecule has 10 heteroatoms. The minimum atomic E-state index is -0.828. The molecular formula is C24H28FN7O2. The van der Waals surface area contributed by atoms with Crippen LogP contribution in [0.1, 0.15) is 43.0 Å². The van der Waals surface area contributed by atoms with Crippen LogP contribution in [0, 0.1) is 5.82 Å². The summed E-state index contributed by atoms with van der Waals surface area (Å²) in [5.41, 5.74) is 2.75. The van der Waals surface area contributed by atoms with Crippen LogP contribution in [-0.2, 0) is 28.9 Å². The molecule has 9 nitrogen and oxygen atoms in total. The molecule has 2 aliphatic rings. The number of fused-ring (bicyclic) bond motifs is 2. The van der Waals surface area contributed by atoms with E-state index in [0.717, 1.165) is 56.7 Å². The van der Waals surface area contributed by atoms with E-state index in [-0.39, 0.29) is 30.1 Å². The first-order chi connectivity index (χ1) is 16.5. The standard InChI is InChI=1S/C24H28FN7O2/c1-15(33)28-21(13-16-5-2-3-7-19(16)25)22(34)29-17-9-11-31(12-10-17)23-18-6-4-8-20(18)30-24-26-14-27-32(23)24/h2-3,5,7,14,17,21H,4,6,8-13H2,1H3,(H,28,33)(H,29,34)/t21-/m1/s1. The van der Waals surface area contributed by atoms with E-state index in [2.05, 4.69) is 30.6 Å². The first kappa shape index (κ1) is 22.2. The SMILES string of the molecule is CC(=O)N[C@H](Cc1ccccc1F)C(=O)NC1CCN(c2c3c(nc4ncnn24)CCC3)CC1. The second-order valence-corrected chi connectivity index (χ2v) is 9.00. The number of hydrogen-bond donors (Lipinski definition) is 2. The number of aryl methyl sites for hydroxylation is 1. The lowest BCUT2D eigenvalue weighted by Gasteiger charge is -2.35. The molecule has 5 rings (SSSR count). The molecule has 0 radical (unpaired) electrons. The predicted molar refractivity (Wildman–Crippen MR) is 124 cm³/mol. The first-order valence-corrected chi connectivity index (χ1v) is 11.8. The number of nitrogens with zero attached hydrogens (tertiary/aromatic N) is 5. The Hall–Kier alpha value is -3.56. The van der Waals surface area contributed by atoms with Gasteiger partial charge in [0.25, 0.3) is 5.78 Å².